The van der Waals surface area contributed by atoms with Crippen molar-refractivity contribution >= 4 is 108 Å². The van der Waals surface area contributed by atoms with E-state index in [4.69, 9.17) is 50.3 Å². The lowest BCUT2D eigenvalue weighted by atomic mass is 10.4. The molecule has 4 aliphatic rings. The van der Waals surface area contributed by atoms with Gasteiger partial charge in [-0.2, -0.15) is 0 Å². The van der Waals surface area contributed by atoms with Gasteiger partial charge in [0.1, 0.15) is 0 Å². The van der Waals surface area contributed by atoms with Gasteiger partial charge in [-0.05, 0) is 11.7 Å². The van der Waals surface area contributed by atoms with Gasteiger partial charge in [-0.25, -0.2) is 0 Å². The average molecular weight is 981 g/mol. The maximum atomic E-state index is 12.5. The van der Waals surface area contributed by atoms with Crippen LogP contribution in [0, 0.1) is 0 Å². The van der Waals surface area contributed by atoms with Crippen LogP contribution >= 0.6 is 0 Å². The molecule has 0 aliphatic carbocycles. The molecule has 322 valence electrons. The molecule has 63 heavy (non-hydrogen) atoms. The van der Waals surface area contributed by atoms with E-state index in [1.165, 1.54) is 6.92 Å². The van der Waals surface area contributed by atoms with Crippen molar-refractivity contribution in [2.75, 3.05) is 12.8 Å². The van der Waals surface area contributed by atoms with Gasteiger partial charge in [-0.15, -0.1) is 0 Å². The van der Waals surface area contributed by atoms with E-state index in [0.717, 1.165) is 5.19 Å². The van der Waals surface area contributed by atoms with Gasteiger partial charge in [0.2, 0.25) is 0 Å². The van der Waals surface area contributed by atoms with E-state index in [1.54, 1.807) is 0 Å². The number of hydrogen-bond donors (Lipinski definition) is 0. The smallest absolute Gasteiger partial charge is 0.466 e. The Morgan fingerprint density at radius 3 is 1.33 bits per heavy atom. The van der Waals surface area contributed by atoms with Crippen LogP contribution < -0.4 is 31.1 Å². The van der Waals surface area contributed by atoms with Crippen molar-refractivity contribution in [3.8, 4) is 0 Å². The summed E-state index contributed by atoms with van der Waals surface area (Å²) < 4.78 is 91.0. The van der Waals surface area contributed by atoms with Crippen LogP contribution in [0.3, 0.4) is 0 Å². The lowest BCUT2D eigenvalue weighted by molar-refractivity contribution is -0.140. The fourth-order valence-corrected chi connectivity index (χ4v) is 48.4. The molecule has 8 atom stereocenters. The Hall–Kier alpha value is -3.91. The number of hydrogen-bond acceptors (Lipinski definition) is 13. The van der Waals surface area contributed by atoms with E-state index in [1.807, 2.05) is 189 Å². The fourth-order valence-electron chi connectivity index (χ4n) is 7.92. The molecule has 6 aromatic rings. The van der Waals surface area contributed by atoms with Gasteiger partial charge < -0.3 is 50.3 Å². The third-order valence-electron chi connectivity index (χ3n) is 10.8. The Balaban J connectivity index is 1.36. The lowest BCUT2D eigenvalue weighted by Crippen LogP contribution is -2.88. The predicted octanol–water partition coefficient (Wildman–Crippen LogP) is 1.98. The van der Waals surface area contributed by atoms with E-state index >= 15 is 0 Å². The van der Waals surface area contributed by atoms with Crippen LogP contribution in [0.1, 0.15) is 6.92 Å². The van der Waals surface area contributed by atoms with Gasteiger partial charge in [0, 0.05) is 32.9 Å². The van der Waals surface area contributed by atoms with E-state index in [2.05, 4.69) is 0 Å². The molecule has 0 aromatic heterocycles. The third-order valence-corrected chi connectivity index (χ3v) is 41.9. The van der Waals surface area contributed by atoms with E-state index in [0.29, 0.717) is 25.9 Å². The van der Waals surface area contributed by atoms with Crippen LogP contribution in [0.5, 0.6) is 0 Å². The lowest BCUT2D eigenvalue weighted by Gasteiger charge is -2.56. The number of rotatable bonds is 9. The Morgan fingerprint density at radius 1 is 0.476 bits per heavy atom. The summed E-state index contributed by atoms with van der Waals surface area (Å²) in [7, 11) is -32.9. The highest BCUT2D eigenvalue weighted by Crippen LogP contribution is 2.43. The fraction of sp³-hybridized carbons (Fsp3) is 0.119. The summed E-state index contributed by atoms with van der Waals surface area (Å²) in [6.07, 6.45) is 0.117. The Bertz CT molecular complexity index is 2520. The van der Waals surface area contributed by atoms with Gasteiger partial charge in [0.15, 0.2) is 9.04 Å². The largest absolute Gasteiger partial charge is 0.522 e. The van der Waals surface area contributed by atoms with Crippen LogP contribution in [0.15, 0.2) is 182 Å². The van der Waals surface area contributed by atoms with Gasteiger partial charge in [-0.3, -0.25) is 4.79 Å². The highest BCUT2D eigenvalue weighted by molar-refractivity contribution is 7.08. The molecule has 6 aromatic carbocycles. The topological polar surface area (TPSA) is 128 Å². The number of fused-ring (bicyclic) bond motifs is 4. The molecule has 0 amide bonds. The standard InChI is InChI=1S/C42H44O13Si8/c1-36(43)44-33-34-58-47-57(37-21-9-3-10-22-37)48-61(40-27-15-6-16-28-40)52-60(39-25-13-5-14-26-39)46-56(2)35-45-59(49-58,38-23-11-4-12-24-38)51-63(53-60,42-31-19-8-20-32-42)55-62(50-58,54-61)41-29-17-7-18-30-41/h3-32,56-57H,33-35H2,1-2H3. The molecule has 21 heteroatoms. The summed E-state index contributed by atoms with van der Waals surface area (Å²) in [5.74, 6) is -0.476. The van der Waals surface area contributed by atoms with Crippen molar-refractivity contribution in [1.29, 1.82) is 0 Å². The number of ether oxygens (including phenoxy) is 1. The molecule has 4 heterocycles. The van der Waals surface area contributed by atoms with Crippen LogP contribution in [0.2, 0.25) is 12.6 Å². The molecule has 4 aliphatic heterocycles. The minimum Gasteiger partial charge on any atom is -0.466 e. The minimum absolute atomic E-state index is 0.0252. The van der Waals surface area contributed by atoms with Crippen LogP contribution in [-0.4, -0.2) is 90.0 Å². The van der Waals surface area contributed by atoms with Crippen LogP contribution in [0.4, 0.5) is 0 Å². The zero-order chi connectivity index (χ0) is 43.0. The van der Waals surface area contributed by atoms with Gasteiger partial charge >= 0.3 is 68.1 Å². The minimum atomic E-state index is -4.65. The van der Waals surface area contributed by atoms with Crippen molar-refractivity contribution in [3.63, 3.8) is 0 Å². The summed E-state index contributed by atoms with van der Waals surface area (Å²) in [4.78, 5) is 12.5. The second kappa shape index (κ2) is 17.5. The Morgan fingerprint density at radius 2 is 0.841 bits per heavy atom. The maximum absolute atomic E-state index is 12.5. The highest BCUT2D eigenvalue weighted by atomic mass is 28.6. The quantitative estimate of drug-likeness (QED) is 0.155. The molecule has 0 spiro atoms. The average Bonchev–Trinajstić information content (AvgIpc) is 3.36. The summed E-state index contributed by atoms with van der Waals surface area (Å²) in [5, 5.41) is 3.80. The summed E-state index contributed by atoms with van der Waals surface area (Å²) in [6.45, 7) is 3.28. The van der Waals surface area contributed by atoms with Gasteiger partial charge in [-0.1, -0.05) is 182 Å². The molecule has 8 unspecified atom stereocenters. The molecule has 13 nitrogen and oxygen atoms in total. The van der Waals surface area contributed by atoms with Crippen molar-refractivity contribution in [2.24, 2.45) is 0 Å². The first kappa shape index (κ1) is 43.0. The van der Waals surface area contributed by atoms with Gasteiger partial charge in [0.05, 0.1) is 18.9 Å². The van der Waals surface area contributed by atoms with E-state index in [-0.39, 0.29) is 18.9 Å². The number of esters is 1. The van der Waals surface area contributed by atoms with Crippen molar-refractivity contribution in [3.05, 3.63) is 182 Å². The Labute approximate surface area is 375 Å². The second-order valence-corrected chi connectivity index (χ2v) is 37.7. The SMILES string of the molecule is CC(=O)OCC[Si]12O[SiH](c3ccccc3)O[Si]3(c4ccccc4)O[Si]4(c5ccccc5)O[SiH](C)CO[Si](c5ccccc5)(O1)O[Si](c1ccccc1)(O4)O[Si](c1ccccc1)(O2)O3. The molecule has 4 fully saturated rings. The number of benzene rings is 6. The second-order valence-electron chi connectivity index (χ2n) is 15.3. The van der Waals surface area contributed by atoms with Crippen molar-refractivity contribution in [1.82, 2.24) is 0 Å². The molecular formula is C42H44O13Si8. The first-order valence-corrected chi connectivity index (χ1v) is 35.2. The van der Waals surface area contributed by atoms with Gasteiger partial charge in [0.25, 0.3) is 0 Å². The van der Waals surface area contributed by atoms with Crippen molar-refractivity contribution in [2.45, 2.75) is 19.5 Å². The molecular weight excluding hydrogens is 937 g/mol. The molecule has 0 N–H and O–H groups in total. The number of carbonyl (C=O) groups excluding carboxylic acids is 1. The van der Waals surface area contributed by atoms with E-state index < -0.39 is 77.1 Å². The monoisotopic (exact) mass is 980 g/mol. The summed E-state index contributed by atoms with van der Waals surface area (Å²) in [5.41, 5.74) is 0. The molecule has 4 saturated heterocycles. The zero-order valence-corrected chi connectivity index (χ0v) is 42.7. The molecule has 0 saturated carbocycles. The maximum Gasteiger partial charge on any atom is 0.522 e. The zero-order valence-electron chi connectivity index (χ0n) is 34.4. The molecule has 6 bridgehead atoms. The first-order valence-electron chi connectivity index (χ1n) is 20.7. The normalized spacial score (nSPS) is 32.7. The van der Waals surface area contributed by atoms with Crippen molar-refractivity contribution < 1.29 is 55.1 Å². The van der Waals surface area contributed by atoms with Crippen LogP contribution in [-0.2, 0) is 55.1 Å². The summed E-state index contributed by atoms with van der Waals surface area (Å²) >= 11 is 0. The highest BCUT2D eigenvalue weighted by Gasteiger charge is 2.78. The molecule has 0 radical (unpaired) electrons. The number of carbonyl (C=O) groups is 1. The Kier molecular flexibility index (Phi) is 11.9. The van der Waals surface area contributed by atoms with Crippen LogP contribution in [0.25, 0.3) is 0 Å². The predicted molar refractivity (Wildman–Crippen MR) is 249 cm³/mol. The van der Waals surface area contributed by atoms with E-state index in [9.17, 15) is 4.79 Å². The molecule has 10 rings (SSSR count). The third kappa shape index (κ3) is 8.33. The summed E-state index contributed by atoms with van der Waals surface area (Å²) in [6, 6.07) is 57.6. The first-order chi connectivity index (χ1) is 30.7.